The molecule has 16 heavy (non-hydrogen) atoms. The number of hydrogen-bond donors (Lipinski definition) is 3. The van der Waals surface area contributed by atoms with Gasteiger partial charge in [-0.3, -0.25) is 0 Å². The lowest BCUT2D eigenvalue weighted by molar-refractivity contribution is 0.260. The zero-order chi connectivity index (χ0) is 12.2. The highest BCUT2D eigenvalue weighted by atomic mass is 79.9. The number of thiophene rings is 1. The summed E-state index contributed by atoms with van der Waals surface area (Å²) in [5, 5.41) is 12.1. The molecular weight excluding hydrogens is 288 g/mol. The molecule has 92 valence electrons. The van der Waals surface area contributed by atoms with E-state index >= 15 is 0 Å². The third-order valence-corrected chi connectivity index (χ3v) is 4.44. The zero-order valence-corrected chi connectivity index (χ0v) is 12.1. The summed E-state index contributed by atoms with van der Waals surface area (Å²) in [5.74, 6) is 0. The summed E-state index contributed by atoms with van der Waals surface area (Å²) in [5.41, 5.74) is 5.72. The molecule has 0 bridgehead atoms. The molecule has 1 aromatic heterocycles. The smallest absolute Gasteiger partial charge is 0.0701 e. The minimum absolute atomic E-state index is 0.0258. The Labute approximate surface area is 109 Å². The predicted octanol–water partition coefficient (Wildman–Crippen LogP) is 1.70. The van der Waals surface area contributed by atoms with Crippen molar-refractivity contribution in [3.8, 4) is 0 Å². The molecule has 0 aromatic carbocycles. The number of aliphatic hydroxyl groups excluding tert-OH is 1. The van der Waals surface area contributed by atoms with Crippen molar-refractivity contribution >= 4 is 27.3 Å². The van der Waals surface area contributed by atoms with Gasteiger partial charge in [0, 0.05) is 29.4 Å². The molecule has 1 rings (SSSR count). The summed E-state index contributed by atoms with van der Waals surface area (Å²) in [6, 6.07) is 4.04. The largest absolute Gasteiger partial charge is 0.395 e. The van der Waals surface area contributed by atoms with Crippen LogP contribution in [0.25, 0.3) is 0 Å². The maximum Gasteiger partial charge on any atom is 0.0701 e. The monoisotopic (exact) mass is 306 g/mol. The Balaban J connectivity index is 2.46. The van der Waals surface area contributed by atoms with Crippen LogP contribution in [0.1, 0.15) is 18.7 Å². The fraction of sp³-hybridized carbons (Fsp3) is 0.636. The van der Waals surface area contributed by atoms with Crippen molar-refractivity contribution in [2.45, 2.75) is 25.3 Å². The van der Waals surface area contributed by atoms with E-state index in [1.165, 1.54) is 4.88 Å². The Bertz CT molecular complexity index is 328. The lowest BCUT2D eigenvalue weighted by Crippen LogP contribution is -2.41. The van der Waals surface area contributed by atoms with Crippen LogP contribution in [0.15, 0.2) is 15.9 Å². The first-order valence-electron chi connectivity index (χ1n) is 5.28. The van der Waals surface area contributed by atoms with E-state index in [2.05, 4.69) is 47.2 Å². The number of nitrogens with two attached hydrogens (primary N) is 1. The van der Waals surface area contributed by atoms with Crippen molar-refractivity contribution in [2.75, 3.05) is 19.7 Å². The molecule has 0 spiro atoms. The quantitative estimate of drug-likeness (QED) is 0.750. The minimum atomic E-state index is -0.175. The molecule has 0 aliphatic heterocycles. The summed E-state index contributed by atoms with van der Waals surface area (Å²) < 4.78 is 1.16. The molecule has 0 radical (unpaired) electrons. The van der Waals surface area contributed by atoms with E-state index in [0.29, 0.717) is 6.54 Å². The SMILES string of the molecule is CC(C)(CNCC(N)CO)c1ccc(Br)s1. The molecule has 1 unspecified atom stereocenters. The van der Waals surface area contributed by atoms with Crippen molar-refractivity contribution in [3.05, 3.63) is 20.8 Å². The maximum atomic E-state index is 8.82. The Hall–Kier alpha value is 0.0600. The number of nitrogens with one attached hydrogen (secondary N) is 1. The fourth-order valence-electron chi connectivity index (χ4n) is 1.40. The van der Waals surface area contributed by atoms with Gasteiger partial charge in [-0.15, -0.1) is 11.3 Å². The lowest BCUT2D eigenvalue weighted by atomic mass is 9.91. The Morgan fingerprint density at radius 2 is 2.25 bits per heavy atom. The second-order valence-corrected chi connectivity index (χ2v) is 7.02. The van der Waals surface area contributed by atoms with E-state index in [0.717, 1.165) is 10.3 Å². The molecule has 4 N–H and O–H groups in total. The van der Waals surface area contributed by atoms with Gasteiger partial charge in [-0.2, -0.15) is 0 Å². The highest BCUT2D eigenvalue weighted by Crippen LogP contribution is 2.32. The number of aliphatic hydroxyl groups is 1. The van der Waals surface area contributed by atoms with Crippen molar-refractivity contribution in [2.24, 2.45) is 5.73 Å². The van der Waals surface area contributed by atoms with E-state index in [9.17, 15) is 0 Å². The second-order valence-electron chi connectivity index (χ2n) is 4.56. The molecule has 1 heterocycles. The van der Waals surface area contributed by atoms with Crippen LogP contribution >= 0.6 is 27.3 Å². The van der Waals surface area contributed by atoms with Gasteiger partial charge in [-0.1, -0.05) is 13.8 Å². The van der Waals surface area contributed by atoms with Crippen LogP contribution < -0.4 is 11.1 Å². The van der Waals surface area contributed by atoms with Gasteiger partial charge in [0.25, 0.3) is 0 Å². The average molecular weight is 307 g/mol. The van der Waals surface area contributed by atoms with Crippen LogP contribution in [0.3, 0.4) is 0 Å². The van der Waals surface area contributed by atoms with Crippen molar-refractivity contribution in [3.63, 3.8) is 0 Å². The normalized spacial score (nSPS) is 14.1. The van der Waals surface area contributed by atoms with Gasteiger partial charge in [0.15, 0.2) is 0 Å². The van der Waals surface area contributed by atoms with Gasteiger partial charge in [0.1, 0.15) is 0 Å². The van der Waals surface area contributed by atoms with E-state index in [1.54, 1.807) is 11.3 Å². The van der Waals surface area contributed by atoms with Crippen LogP contribution in [0.5, 0.6) is 0 Å². The molecule has 0 saturated carbocycles. The third-order valence-electron chi connectivity index (χ3n) is 2.45. The Morgan fingerprint density at radius 3 is 2.75 bits per heavy atom. The van der Waals surface area contributed by atoms with Gasteiger partial charge in [-0.05, 0) is 28.1 Å². The first-order valence-corrected chi connectivity index (χ1v) is 6.89. The molecular formula is C11H19BrN2OS. The van der Waals surface area contributed by atoms with E-state index in [1.807, 2.05) is 0 Å². The first kappa shape index (κ1) is 14.1. The molecule has 5 heteroatoms. The van der Waals surface area contributed by atoms with Gasteiger partial charge in [0.05, 0.1) is 10.4 Å². The average Bonchev–Trinajstić information content (AvgIpc) is 2.65. The number of hydrogen-bond acceptors (Lipinski definition) is 4. The summed E-state index contributed by atoms with van der Waals surface area (Å²) in [7, 11) is 0. The topological polar surface area (TPSA) is 58.3 Å². The molecule has 0 amide bonds. The summed E-state index contributed by atoms with van der Waals surface area (Å²) in [6.07, 6.45) is 0. The van der Waals surface area contributed by atoms with E-state index in [4.69, 9.17) is 10.8 Å². The molecule has 0 saturated heterocycles. The van der Waals surface area contributed by atoms with Crippen LogP contribution in [-0.2, 0) is 5.41 Å². The standard InChI is InChI=1S/C11H19BrN2OS/c1-11(2,7-14-5-8(13)6-15)9-3-4-10(12)16-9/h3-4,8,14-15H,5-7,13H2,1-2H3. The van der Waals surface area contributed by atoms with Crippen molar-refractivity contribution < 1.29 is 5.11 Å². The first-order chi connectivity index (χ1) is 7.45. The highest BCUT2D eigenvalue weighted by Gasteiger charge is 2.22. The number of halogens is 1. The molecule has 0 fully saturated rings. The Morgan fingerprint density at radius 1 is 1.56 bits per heavy atom. The van der Waals surface area contributed by atoms with Gasteiger partial charge < -0.3 is 16.2 Å². The molecule has 0 aliphatic carbocycles. The third kappa shape index (κ3) is 4.14. The van der Waals surface area contributed by atoms with Crippen molar-refractivity contribution in [1.82, 2.24) is 5.32 Å². The van der Waals surface area contributed by atoms with Crippen molar-refractivity contribution in [1.29, 1.82) is 0 Å². The summed E-state index contributed by atoms with van der Waals surface area (Å²) in [4.78, 5) is 1.34. The molecule has 3 nitrogen and oxygen atoms in total. The summed E-state index contributed by atoms with van der Waals surface area (Å²) >= 11 is 5.23. The second kappa shape index (κ2) is 6.12. The number of rotatable bonds is 6. The predicted molar refractivity (Wildman–Crippen MR) is 73.0 cm³/mol. The van der Waals surface area contributed by atoms with Crippen LogP contribution in [0, 0.1) is 0 Å². The van der Waals surface area contributed by atoms with E-state index in [-0.39, 0.29) is 18.1 Å². The van der Waals surface area contributed by atoms with Crippen LogP contribution in [0.4, 0.5) is 0 Å². The summed E-state index contributed by atoms with van der Waals surface area (Å²) in [6.45, 7) is 5.92. The highest BCUT2D eigenvalue weighted by molar-refractivity contribution is 9.11. The van der Waals surface area contributed by atoms with Crippen LogP contribution in [-0.4, -0.2) is 30.8 Å². The van der Waals surface area contributed by atoms with Gasteiger partial charge in [0.2, 0.25) is 0 Å². The molecule has 0 aliphatic rings. The zero-order valence-electron chi connectivity index (χ0n) is 9.66. The Kier molecular flexibility index (Phi) is 5.40. The molecule has 1 aromatic rings. The van der Waals surface area contributed by atoms with E-state index < -0.39 is 0 Å². The minimum Gasteiger partial charge on any atom is -0.395 e. The van der Waals surface area contributed by atoms with Gasteiger partial charge in [-0.25, -0.2) is 0 Å². The van der Waals surface area contributed by atoms with Gasteiger partial charge >= 0.3 is 0 Å². The fourth-order valence-corrected chi connectivity index (χ4v) is 2.89. The molecule has 1 atom stereocenters. The lowest BCUT2D eigenvalue weighted by Gasteiger charge is -2.24. The van der Waals surface area contributed by atoms with Crippen LogP contribution in [0.2, 0.25) is 0 Å². The maximum absolute atomic E-state index is 8.82.